The van der Waals surface area contributed by atoms with E-state index in [9.17, 15) is 10.2 Å². The topological polar surface area (TPSA) is 40.5 Å². The number of unbranched alkanes of at least 4 members (excludes halogenated alkanes) is 15. The Bertz CT molecular complexity index is 344. The average Bonchev–Trinajstić information content (AvgIpc) is 2.75. The van der Waals surface area contributed by atoms with Gasteiger partial charge in [0, 0.05) is 33.3 Å². The Morgan fingerprint density at radius 2 is 0.812 bits per heavy atom. The Hall–Kier alpha value is 0.640. The summed E-state index contributed by atoms with van der Waals surface area (Å²) in [6.07, 6.45) is 30.0. The molecule has 0 saturated heterocycles. The molecule has 0 saturated carbocycles. The fourth-order valence-corrected chi connectivity index (χ4v) is 10.5. The Kier molecular flexibility index (Phi) is 28.5. The predicted octanol–water partition coefficient (Wildman–Crippen LogP) is 5.69. The monoisotopic (exact) mass is 494 g/mol. The molecule has 0 unspecified atom stereocenters. The van der Waals surface area contributed by atoms with Gasteiger partial charge in [0.25, 0.3) is 0 Å². The molecule has 0 aromatic heterocycles. The van der Waals surface area contributed by atoms with Gasteiger partial charge in [0.2, 0.25) is 0 Å². The molecule has 196 valence electrons. The molecule has 0 aliphatic carbocycles. The van der Waals surface area contributed by atoms with E-state index in [1.165, 1.54) is 127 Å². The second-order valence-electron chi connectivity index (χ2n) is 10.5. The van der Waals surface area contributed by atoms with Gasteiger partial charge < -0.3 is 22.6 Å². The maximum atomic E-state index is 9.37. The Morgan fingerprint density at radius 1 is 0.500 bits per heavy atom. The molecule has 0 amide bonds. The van der Waals surface area contributed by atoms with Gasteiger partial charge in [0.05, 0.1) is 24.6 Å². The van der Waals surface area contributed by atoms with Crippen LogP contribution in [0.15, 0.2) is 0 Å². The number of aliphatic hydroxyl groups excluding tert-OH is 2. The Labute approximate surface area is 209 Å². The van der Waals surface area contributed by atoms with Crippen LogP contribution >= 0.6 is 7.26 Å². The van der Waals surface area contributed by atoms with Crippen LogP contribution in [-0.2, 0) is 0 Å². The minimum absolute atomic E-state index is 0. The van der Waals surface area contributed by atoms with E-state index in [1.54, 1.807) is 0 Å². The zero-order valence-corrected chi connectivity index (χ0v) is 23.9. The first kappa shape index (κ1) is 34.8. The van der Waals surface area contributed by atoms with Crippen molar-refractivity contribution in [3.05, 3.63) is 0 Å². The molecule has 32 heavy (non-hydrogen) atoms. The van der Waals surface area contributed by atoms with Crippen LogP contribution in [0.25, 0.3) is 0 Å². The molecule has 0 rings (SSSR count). The standard InChI is InChI=1S/C28H60O2P.ClH/c1-4-5-6-7-8-9-10-11-12-13-14-15-16-17-18-19-24-31(25-20-22-29,26-21-23-30)27-28(2)3;/h28-30H,4-27H2,1-3H3;1H/q+1;/p-1. The molecule has 0 aromatic carbocycles. The lowest BCUT2D eigenvalue weighted by Gasteiger charge is -2.29. The summed E-state index contributed by atoms with van der Waals surface area (Å²) >= 11 is 0. The highest BCUT2D eigenvalue weighted by Gasteiger charge is 2.36. The third-order valence-electron chi connectivity index (χ3n) is 6.82. The summed E-state index contributed by atoms with van der Waals surface area (Å²) < 4.78 is 0. The van der Waals surface area contributed by atoms with Crippen molar-refractivity contribution in [2.75, 3.05) is 37.9 Å². The van der Waals surface area contributed by atoms with Gasteiger partial charge in [-0.3, -0.25) is 0 Å². The van der Waals surface area contributed by atoms with Crippen LogP contribution in [0.1, 0.15) is 136 Å². The molecular weight excluding hydrogens is 435 g/mol. The lowest BCUT2D eigenvalue weighted by atomic mass is 10.0. The number of rotatable bonds is 25. The number of halogens is 1. The van der Waals surface area contributed by atoms with Crippen molar-refractivity contribution >= 4 is 7.26 Å². The smallest absolute Gasteiger partial charge is 0.0617 e. The number of aliphatic hydroxyl groups is 2. The van der Waals surface area contributed by atoms with E-state index in [2.05, 4.69) is 20.8 Å². The zero-order chi connectivity index (χ0) is 23.0. The van der Waals surface area contributed by atoms with Crippen molar-refractivity contribution < 1.29 is 22.6 Å². The molecule has 0 fully saturated rings. The SMILES string of the molecule is CCCCCCCCCCCCCCCCCC[P+](CCCO)(CCCO)CC(C)C.[Cl-]. The second-order valence-corrected chi connectivity index (χ2v) is 14.9. The van der Waals surface area contributed by atoms with Crippen molar-refractivity contribution in [1.29, 1.82) is 0 Å². The molecule has 0 heterocycles. The maximum Gasteiger partial charge on any atom is 0.0617 e. The van der Waals surface area contributed by atoms with Crippen molar-refractivity contribution in [3.63, 3.8) is 0 Å². The largest absolute Gasteiger partial charge is 1.00 e. The van der Waals surface area contributed by atoms with Crippen LogP contribution < -0.4 is 12.4 Å². The van der Waals surface area contributed by atoms with Crippen molar-refractivity contribution in [2.45, 2.75) is 136 Å². The van der Waals surface area contributed by atoms with Crippen molar-refractivity contribution in [2.24, 2.45) is 5.92 Å². The summed E-state index contributed by atoms with van der Waals surface area (Å²) in [7, 11) is -0.994. The van der Waals surface area contributed by atoms with E-state index in [0.29, 0.717) is 13.2 Å². The van der Waals surface area contributed by atoms with E-state index in [1.807, 2.05) is 0 Å². The molecule has 0 aliphatic heterocycles. The fraction of sp³-hybridized carbons (Fsp3) is 1.00. The number of hydrogen-bond donors (Lipinski definition) is 2. The second kappa shape index (κ2) is 26.2. The van der Waals surface area contributed by atoms with Gasteiger partial charge in [0.1, 0.15) is 0 Å². The van der Waals surface area contributed by atoms with Crippen LogP contribution in [0.2, 0.25) is 0 Å². The fourth-order valence-electron chi connectivity index (χ4n) is 5.19. The van der Waals surface area contributed by atoms with Crippen molar-refractivity contribution in [3.8, 4) is 0 Å². The van der Waals surface area contributed by atoms with Crippen LogP contribution in [0, 0.1) is 5.92 Å². The van der Waals surface area contributed by atoms with Gasteiger partial charge in [-0.1, -0.05) is 111 Å². The van der Waals surface area contributed by atoms with Crippen LogP contribution in [0.4, 0.5) is 0 Å². The first-order valence-electron chi connectivity index (χ1n) is 14.2. The van der Waals surface area contributed by atoms with Gasteiger partial charge >= 0.3 is 0 Å². The highest BCUT2D eigenvalue weighted by atomic mass is 35.5. The Balaban J connectivity index is 0. The van der Waals surface area contributed by atoms with Crippen LogP contribution in [0.5, 0.6) is 0 Å². The van der Waals surface area contributed by atoms with E-state index in [-0.39, 0.29) is 12.4 Å². The summed E-state index contributed by atoms with van der Waals surface area (Å²) in [6, 6.07) is 0. The highest BCUT2D eigenvalue weighted by molar-refractivity contribution is 7.75. The maximum absolute atomic E-state index is 9.37. The summed E-state index contributed by atoms with van der Waals surface area (Å²) in [5, 5.41) is 18.7. The normalized spacial score (nSPS) is 11.8. The minimum Gasteiger partial charge on any atom is -1.00 e. The summed E-state index contributed by atoms with van der Waals surface area (Å²) in [5.41, 5.74) is 0. The molecule has 0 atom stereocenters. The lowest BCUT2D eigenvalue weighted by molar-refractivity contribution is -0.00000925. The predicted molar refractivity (Wildman–Crippen MR) is 144 cm³/mol. The molecule has 2 N–H and O–H groups in total. The number of hydrogen-bond acceptors (Lipinski definition) is 2. The molecule has 4 heteroatoms. The van der Waals surface area contributed by atoms with Crippen LogP contribution in [-0.4, -0.2) is 48.1 Å². The molecule has 0 bridgehead atoms. The van der Waals surface area contributed by atoms with Gasteiger partial charge in [-0.05, 0) is 18.8 Å². The Morgan fingerprint density at radius 3 is 1.12 bits per heavy atom. The van der Waals surface area contributed by atoms with E-state index >= 15 is 0 Å². The zero-order valence-electron chi connectivity index (χ0n) is 22.3. The van der Waals surface area contributed by atoms with Gasteiger partial charge in [-0.2, -0.15) is 0 Å². The average molecular weight is 495 g/mol. The third-order valence-corrected chi connectivity index (χ3v) is 12.1. The highest BCUT2D eigenvalue weighted by Crippen LogP contribution is 2.61. The molecule has 0 radical (unpaired) electrons. The molecular formula is C28H60ClO2P. The first-order valence-corrected chi connectivity index (χ1v) is 16.7. The lowest BCUT2D eigenvalue weighted by Crippen LogP contribution is -3.00. The molecule has 0 spiro atoms. The summed E-state index contributed by atoms with van der Waals surface area (Å²) in [6.45, 7) is 7.65. The van der Waals surface area contributed by atoms with E-state index < -0.39 is 7.26 Å². The molecule has 0 aromatic rings. The summed E-state index contributed by atoms with van der Waals surface area (Å²) in [5.74, 6) is 0.742. The van der Waals surface area contributed by atoms with Crippen LogP contribution in [0.3, 0.4) is 0 Å². The minimum atomic E-state index is -0.994. The van der Waals surface area contributed by atoms with Gasteiger partial charge in [-0.25, -0.2) is 0 Å². The van der Waals surface area contributed by atoms with Crippen molar-refractivity contribution in [1.82, 2.24) is 0 Å². The first-order chi connectivity index (χ1) is 15.1. The third kappa shape index (κ3) is 22.4. The van der Waals surface area contributed by atoms with Gasteiger partial charge in [-0.15, -0.1) is 0 Å². The van der Waals surface area contributed by atoms with E-state index in [4.69, 9.17) is 0 Å². The quantitative estimate of drug-likeness (QED) is 0.126. The summed E-state index contributed by atoms with van der Waals surface area (Å²) in [4.78, 5) is 0. The van der Waals surface area contributed by atoms with Gasteiger partial charge in [0.15, 0.2) is 0 Å². The molecule has 0 aliphatic rings. The molecule has 2 nitrogen and oxygen atoms in total. The van der Waals surface area contributed by atoms with E-state index in [0.717, 1.165) is 18.8 Å².